The van der Waals surface area contributed by atoms with Gasteiger partial charge in [0.1, 0.15) is 5.75 Å². The predicted octanol–water partition coefficient (Wildman–Crippen LogP) is 2.43. The van der Waals surface area contributed by atoms with Crippen LogP contribution in [0.25, 0.3) is 0 Å². The molecule has 0 aliphatic rings. The van der Waals surface area contributed by atoms with Crippen molar-refractivity contribution in [3.8, 4) is 0 Å². The van der Waals surface area contributed by atoms with Crippen LogP contribution in [0.15, 0.2) is 57.9 Å². The summed E-state index contributed by atoms with van der Waals surface area (Å²) < 4.78 is 48.3. The fourth-order valence-electron chi connectivity index (χ4n) is 2.28. The lowest BCUT2D eigenvalue weighted by Gasteiger charge is -2.17. The van der Waals surface area contributed by atoms with Crippen LogP contribution in [0, 0.1) is 0 Å². The molecule has 0 spiro atoms. The number of amides is 1. The van der Waals surface area contributed by atoms with Crippen LogP contribution in [-0.4, -0.2) is 41.8 Å². The van der Waals surface area contributed by atoms with E-state index in [0.29, 0.717) is 11.3 Å². The molecule has 140 valence electrons. The zero-order valence-corrected chi connectivity index (χ0v) is 17.4. The van der Waals surface area contributed by atoms with Crippen molar-refractivity contribution in [3.05, 3.63) is 58.6 Å². The molecule has 0 unspecified atom stereocenters. The molecule has 0 aliphatic carbocycles. The minimum Gasteiger partial charge on any atom is -0.315 e. The molecule has 1 amide bonds. The number of hydrogen-bond donors (Lipinski definition) is 0. The fraction of sp³-hybridized carbons (Fsp3) is 0.235. The third-order valence-electron chi connectivity index (χ3n) is 3.65. The zero-order chi connectivity index (χ0) is 19.5. The van der Waals surface area contributed by atoms with E-state index in [9.17, 15) is 21.6 Å². The Balaban J connectivity index is 2.10. The maximum atomic E-state index is 12.3. The number of halogens is 1. The van der Waals surface area contributed by atoms with Gasteiger partial charge in [0.15, 0.2) is 19.7 Å². The van der Waals surface area contributed by atoms with E-state index < -0.39 is 31.3 Å². The molecule has 0 saturated carbocycles. The van der Waals surface area contributed by atoms with Crippen LogP contribution in [0.3, 0.4) is 0 Å². The molecule has 0 aliphatic heterocycles. The molecular formula is C17H18BrNO5S2. The smallest absolute Gasteiger partial charge is 0.241 e. The number of carbonyl (C=O) groups is 1. The number of rotatable bonds is 6. The second kappa shape index (κ2) is 7.89. The normalized spacial score (nSPS) is 12.0. The first-order valence-electron chi connectivity index (χ1n) is 7.49. The van der Waals surface area contributed by atoms with E-state index in [4.69, 9.17) is 0 Å². The van der Waals surface area contributed by atoms with E-state index in [2.05, 4.69) is 15.9 Å². The van der Waals surface area contributed by atoms with Crippen LogP contribution < -0.4 is 4.90 Å². The number of nitrogens with zero attached hydrogens (tertiary/aromatic N) is 1. The van der Waals surface area contributed by atoms with Gasteiger partial charge in [0.05, 0.1) is 10.6 Å². The lowest BCUT2D eigenvalue weighted by Crippen LogP contribution is -2.32. The lowest BCUT2D eigenvalue weighted by molar-refractivity contribution is -0.115. The number of benzene rings is 2. The van der Waals surface area contributed by atoms with Gasteiger partial charge in [-0.3, -0.25) is 4.79 Å². The van der Waals surface area contributed by atoms with Crippen molar-refractivity contribution in [1.82, 2.24) is 0 Å². The lowest BCUT2D eigenvalue weighted by atomic mass is 10.2. The predicted molar refractivity (Wildman–Crippen MR) is 105 cm³/mol. The summed E-state index contributed by atoms with van der Waals surface area (Å²) in [7, 11) is -5.53. The van der Waals surface area contributed by atoms with Gasteiger partial charge in [-0.05, 0) is 42.0 Å². The summed E-state index contributed by atoms with van der Waals surface area (Å²) >= 11 is 3.28. The minimum atomic E-state index is -3.64. The highest BCUT2D eigenvalue weighted by Gasteiger charge is 2.21. The summed E-state index contributed by atoms with van der Waals surface area (Å²) in [5, 5.41) is 0. The first kappa shape index (κ1) is 20.6. The maximum absolute atomic E-state index is 12.3. The van der Waals surface area contributed by atoms with Gasteiger partial charge in [-0.1, -0.05) is 28.1 Å². The van der Waals surface area contributed by atoms with Gasteiger partial charge >= 0.3 is 0 Å². The molecule has 0 atom stereocenters. The van der Waals surface area contributed by atoms with E-state index in [0.717, 1.165) is 10.7 Å². The Morgan fingerprint density at radius 3 is 2.19 bits per heavy atom. The molecule has 0 saturated heterocycles. The molecule has 9 heteroatoms. The molecule has 0 fully saturated rings. The molecule has 0 radical (unpaired) electrons. The molecule has 0 aromatic heterocycles. The van der Waals surface area contributed by atoms with Crippen LogP contribution in [-0.2, 0) is 30.2 Å². The first-order chi connectivity index (χ1) is 12.0. The van der Waals surface area contributed by atoms with E-state index in [-0.39, 0.29) is 10.6 Å². The highest BCUT2D eigenvalue weighted by Crippen LogP contribution is 2.18. The molecule has 0 bridgehead atoms. The largest absolute Gasteiger partial charge is 0.315 e. The molecule has 6 nitrogen and oxygen atoms in total. The van der Waals surface area contributed by atoms with E-state index in [1.54, 1.807) is 24.3 Å². The molecule has 0 heterocycles. The van der Waals surface area contributed by atoms with Crippen LogP contribution in [0.1, 0.15) is 5.56 Å². The van der Waals surface area contributed by atoms with Crippen LogP contribution in [0.4, 0.5) is 5.69 Å². The second-order valence-electron chi connectivity index (χ2n) is 5.88. The fourth-order valence-corrected chi connectivity index (χ4v) is 4.71. The van der Waals surface area contributed by atoms with Crippen molar-refractivity contribution in [2.75, 3.05) is 24.0 Å². The SMILES string of the molecule is CN(C(=O)CS(=O)(=O)Cc1cccc(Br)c1)c1ccc(S(C)(=O)=O)cc1. The van der Waals surface area contributed by atoms with E-state index in [1.807, 2.05) is 0 Å². The second-order valence-corrected chi connectivity index (χ2v) is 10.9. The van der Waals surface area contributed by atoms with E-state index >= 15 is 0 Å². The highest BCUT2D eigenvalue weighted by molar-refractivity contribution is 9.10. The Labute approximate surface area is 161 Å². The summed E-state index contributed by atoms with van der Waals surface area (Å²) in [6.07, 6.45) is 1.09. The quantitative estimate of drug-likeness (QED) is 0.661. The van der Waals surface area contributed by atoms with Gasteiger partial charge < -0.3 is 4.90 Å². The topological polar surface area (TPSA) is 88.6 Å². The number of anilines is 1. The summed E-state index contributed by atoms with van der Waals surface area (Å²) in [4.78, 5) is 13.6. The zero-order valence-electron chi connectivity index (χ0n) is 14.2. The average Bonchev–Trinajstić information content (AvgIpc) is 2.52. The van der Waals surface area contributed by atoms with Crippen LogP contribution in [0.5, 0.6) is 0 Å². The monoisotopic (exact) mass is 459 g/mol. The maximum Gasteiger partial charge on any atom is 0.241 e. The molecule has 2 aromatic carbocycles. The Hall–Kier alpha value is -1.71. The number of carbonyl (C=O) groups excluding carboxylic acids is 1. The minimum absolute atomic E-state index is 0.129. The standard InChI is InChI=1S/C17H18BrNO5S2/c1-19(15-6-8-16(9-7-15)25(2,21)22)17(20)12-26(23,24)11-13-4-3-5-14(18)10-13/h3-10H,11-12H2,1-2H3. The molecule has 2 aromatic rings. The van der Waals surface area contributed by atoms with Crippen molar-refractivity contribution in [1.29, 1.82) is 0 Å². The van der Waals surface area contributed by atoms with Gasteiger partial charge in [-0.15, -0.1) is 0 Å². The Morgan fingerprint density at radius 1 is 1.04 bits per heavy atom. The Kier molecular flexibility index (Phi) is 6.25. The number of hydrogen-bond acceptors (Lipinski definition) is 5. The third-order valence-corrected chi connectivity index (χ3v) is 6.73. The number of sulfone groups is 2. The van der Waals surface area contributed by atoms with Crippen molar-refractivity contribution >= 4 is 47.2 Å². The summed E-state index contributed by atoms with van der Waals surface area (Å²) in [6.45, 7) is 0. The van der Waals surface area contributed by atoms with Gasteiger partial charge in [-0.2, -0.15) is 0 Å². The van der Waals surface area contributed by atoms with Gasteiger partial charge in [0.25, 0.3) is 0 Å². The Bertz CT molecular complexity index is 1020. The highest BCUT2D eigenvalue weighted by atomic mass is 79.9. The van der Waals surface area contributed by atoms with E-state index in [1.165, 1.54) is 36.2 Å². The molecular weight excluding hydrogens is 442 g/mol. The van der Waals surface area contributed by atoms with Crippen molar-refractivity contribution in [2.24, 2.45) is 0 Å². The molecule has 2 rings (SSSR count). The van der Waals surface area contributed by atoms with Gasteiger partial charge in [-0.25, -0.2) is 16.8 Å². The van der Waals surface area contributed by atoms with Crippen LogP contribution in [0.2, 0.25) is 0 Å². The van der Waals surface area contributed by atoms with Gasteiger partial charge in [0.2, 0.25) is 5.91 Å². The van der Waals surface area contributed by atoms with Gasteiger partial charge in [0, 0.05) is 23.5 Å². The summed E-state index contributed by atoms with van der Waals surface area (Å²) in [5.41, 5.74) is 1.01. The summed E-state index contributed by atoms with van der Waals surface area (Å²) in [6, 6.07) is 12.6. The third kappa shape index (κ3) is 5.65. The average molecular weight is 460 g/mol. The molecule has 0 N–H and O–H groups in total. The van der Waals surface area contributed by atoms with Crippen LogP contribution >= 0.6 is 15.9 Å². The summed E-state index contributed by atoms with van der Waals surface area (Å²) in [5.74, 6) is -1.46. The Morgan fingerprint density at radius 2 is 1.65 bits per heavy atom. The van der Waals surface area contributed by atoms with Crippen molar-refractivity contribution < 1.29 is 21.6 Å². The molecule has 26 heavy (non-hydrogen) atoms. The van der Waals surface area contributed by atoms with Crippen molar-refractivity contribution in [3.63, 3.8) is 0 Å². The first-order valence-corrected chi connectivity index (χ1v) is 12.0. The van der Waals surface area contributed by atoms with Crippen molar-refractivity contribution in [2.45, 2.75) is 10.6 Å².